The van der Waals surface area contributed by atoms with Gasteiger partial charge in [0, 0.05) is 53.0 Å². The summed E-state index contributed by atoms with van der Waals surface area (Å²) in [5.41, 5.74) is 5.37. The summed E-state index contributed by atoms with van der Waals surface area (Å²) >= 11 is 0. The fourth-order valence-corrected chi connectivity index (χ4v) is 8.31. The highest BCUT2D eigenvalue weighted by Crippen LogP contribution is 2.67. The summed E-state index contributed by atoms with van der Waals surface area (Å²) in [7, 11) is 0. The fraction of sp³-hybridized carbons (Fsp3) is 0.0952. The molecule has 6 aromatic rings. The van der Waals surface area contributed by atoms with Crippen LogP contribution in [0.3, 0.4) is 0 Å². The summed E-state index contributed by atoms with van der Waals surface area (Å²) in [4.78, 5) is 0. The van der Waals surface area contributed by atoms with E-state index >= 15 is 0 Å². The Bertz CT molecular complexity index is 2340. The molecule has 0 bridgehead atoms. The zero-order valence-corrected chi connectivity index (χ0v) is 26.8. The molecule has 2 aliphatic rings. The van der Waals surface area contributed by atoms with Gasteiger partial charge in [-0.2, -0.15) is 0 Å². The minimum absolute atomic E-state index is 0.00551. The maximum absolute atomic E-state index is 12.0. The van der Waals surface area contributed by atoms with Crippen LogP contribution in [0.4, 0.5) is 0 Å². The van der Waals surface area contributed by atoms with Crippen molar-refractivity contribution in [1.29, 1.82) is 0 Å². The number of allylic oxidation sites excluding steroid dienone is 2. The highest BCUT2D eigenvalue weighted by molar-refractivity contribution is 6.01. The topological polar surface area (TPSA) is 182 Å². The van der Waals surface area contributed by atoms with Gasteiger partial charge in [-0.1, -0.05) is 36.4 Å². The molecule has 0 amide bonds. The smallest absolute Gasteiger partial charge is 0.123 e. The van der Waals surface area contributed by atoms with Crippen LogP contribution >= 0.6 is 0 Å². The van der Waals surface area contributed by atoms with Gasteiger partial charge in [-0.15, -0.1) is 0 Å². The third-order valence-corrected chi connectivity index (χ3v) is 10.1. The van der Waals surface area contributed by atoms with E-state index in [9.17, 15) is 46.0 Å². The zero-order chi connectivity index (χ0) is 35.7. The molecule has 2 aliphatic carbocycles. The molecule has 254 valence electrons. The first-order valence-electron chi connectivity index (χ1n) is 16.2. The van der Waals surface area contributed by atoms with Crippen molar-refractivity contribution >= 4 is 11.1 Å². The predicted octanol–water partition coefficient (Wildman–Crippen LogP) is 7.81. The Balaban J connectivity index is 1.62. The van der Waals surface area contributed by atoms with E-state index in [0.717, 1.165) is 0 Å². The second-order valence-electron chi connectivity index (χ2n) is 13.1. The van der Waals surface area contributed by atoms with Crippen molar-refractivity contribution in [1.82, 2.24) is 0 Å². The lowest BCUT2D eigenvalue weighted by Crippen LogP contribution is -2.14. The van der Waals surface area contributed by atoms with Crippen LogP contribution in [0.1, 0.15) is 68.2 Å². The molecule has 9 N–H and O–H groups in total. The third-order valence-electron chi connectivity index (χ3n) is 10.1. The van der Waals surface area contributed by atoms with Crippen molar-refractivity contribution in [3.05, 3.63) is 160 Å². The van der Waals surface area contributed by atoms with Crippen molar-refractivity contribution in [3.8, 4) is 51.7 Å². The van der Waals surface area contributed by atoms with E-state index in [4.69, 9.17) is 0 Å². The number of phenols is 9. The van der Waals surface area contributed by atoms with E-state index in [0.29, 0.717) is 55.7 Å². The van der Waals surface area contributed by atoms with Gasteiger partial charge in [0.05, 0.1) is 0 Å². The van der Waals surface area contributed by atoms with Crippen LogP contribution in [0.15, 0.2) is 115 Å². The molecule has 51 heavy (non-hydrogen) atoms. The molecule has 9 heteroatoms. The normalized spacial score (nSPS) is 19.2. The molecule has 4 atom stereocenters. The number of fused-ring (bicyclic) bond motifs is 5. The number of rotatable bonds is 4. The largest absolute Gasteiger partial charge is 0.508 e. The Hall–Kier alpha value is -6.74. The maximum Gasteiger partial charge on any atom is 0.123 e. The van der Waals surface area contributed by atoms with Crippen LogP contribution in [0, 0.1) is 0 Å². The number of hydrogen-bond acceptors (Lipinski definition) is 9. The highest BCUT2D eigenvalue weighted by atomic mass is 16.3. The third kappa shape index (κ3) is 5.18. The van der Waals surface area contributed by atoms with Gasteiger partial charge in [0.2, 0.25) is 0 Å². The van der Waals surface area contributed by atoms with Crippen molar-refractivity contribution in [2.24, 2.45) is 0 Å². The molecule has 0 aromatic heterocycles. The molecule has 0 aliphatic heterocycles. The van der Waals surface area contributed by atoms with Crippen molar-refractivity contribution in [3.63, 3.8) is 0 Å². The first kappa shape index (κ1) is 31.5. The van der Waals surface area contributed by atoms with Gasteiger partial charge in [-0.25, -0.2) is 0 Å². The minimum atomic E-state index is -0.855. The highest BCUT2D eigenvalue weighted by Gasteiger charge is 2.51. The number of phenolic OH excluding ortho intramolecular Hbond substituents is 9. The van der Waals surface area contributed by atoms with Gasteiger partial charge in [0.25, 0.3) is 0 Å². The zero-order valence-electron chi connectivity index (χ0n) is 26.8. The summed E-state index contributed by atoms with van der Waals surface area (Å²) in [6.07, 6.45) is 0. The van der Waals surface area contributed by atoms with Crippen LogP contribution in [0.25, 0.3) is 11.1 Å². The predicted molar refractivity (Wildman–Crippen MR) is 190 cm³/mol. The Morgan fingerprint density at radius 1 is 0.333 bits per heavy atom. The summed E-state index contributed by atoms with van der Waals surface area (Å²) in [6, 6.07) is 29.3. The van der Waals surface area contributed by atoms with Gasteiger partial charge in [-0.3, -0.25) is 0 Å². The van der Waals surface area contributed by atoms with Crippen molar-refractivity contribution < 1.29 is 46.0 Å². The molecule has 0 saturated heterocycles. The molecule has 6 aromatic carbocycles. The molecule has 0 radical (unpaired) electrons. The number of hydrogen-bond donors (Lipinski definition) is 9. The molecule has 4 unspecified atom stereocenters. The van der Waals surface area contributed by atoms with Gasteiger partial charge < -0.3 is 46.0 Å². The average Bonchev–Trinajstić information content (AvgIpc) is 3.34. The van der Waals surface area contributed by atoms with Gasteiger partial charge >= 0.3 is 0 Å². The second kappa shape index (κ2) is 11.7. The van der Waals surface area contributed by atoms with E-state index < -0.39 is 23.7 Å². The van der Waals surface area contributed by atoms with Gasteiger partial charge in [-0.05, 0) is 105 Å². The maximum atomic E-state index is 12.0. The molecule has 0 saturated carbocycles. The standard InChI is InChI=1S/C42H32O9/c43-24-7-1-20(2-8-24)35-38(23-13-27(46)15-28(47)14-23)36(21-3-9-25(44)10-4-21)41-32-17-30(49)19-34(51)40(32)37(22-5-11-26(45)12-6-22)42(41)31-16-29(48)18-33(50)39(31)35/h1-19,35,37,41-51H. The first-order chi connectivity index (χ1) is 24.5. The van der Waals surface area contributed by atoms with E-state index in [-0.39, 0.29) is 51.7 Å². The van der Waals surface area contributed by atoms with E-state index in [1.54, 1.807) is 48.5 Å². The lowest BCUT2D eigenvalue weighted by molar-refractivity contribution is 0.440. The summed E-state index contributed by atoms with van der Waals surface area (Å²) in [5.74, 6) is -4.19. The van der Waals surface area contributed by atoms with Crippen LogP contribution in [0.5, 0.6) is 51.7 Å². The van der Waals surface area contributed by atoms with Crippen molar-refractivity contribution in [2.45, 2.75) is 23.7 Å². The number of benzene rings is 6. The summed E-state index contributed by atoms with van der Waals surface area (Å²) in [5, 5.41) is 98.5. The lowest BCUT2D eigenvalue weighted by atomic mass is 9.73. The molecular formula is C42H32O9. The Morgan fingerprint density at radius 2 is 0.804 bits per heavy atom. The van der Waals surface area contributed by atoms with E-state index in [1.807, 2.05) is 0 Å². The molecule has 0 fully saturated rings. The van der Waals surface area contributed by atoms with Gasteiger partial charge in [0.1, 0.15) is 51.7 Å². The average molecular weight is 681 g/mol. The van der Waals surface area contributed by atoms with E-state index in [1.165, 1.54) is 66.7 Å². The fourth-order valence-electron chi connectivity index (χ4n) is 8.31. The quantitative estimate of drug-likeness (QED) is 0.0897. The molecular weight excluding hydrogens is 648 g/mol. The molecule has 8 rings (SSSR count). The van der Waals surface area contributed by atoms with Crippen molar-refractivity contribution in [2.75, 3.05) is 0 Å². The minimum Gasteiger partial charge on any atom is -0.508 e. The summed E-state index contributed by atoms with van der Waals surface area (Å²) < 4.78 is 0. The first-order valence-corrected chi connectivity index (χ1v) is 16.2. The molecule has 9 nitrogen and oxygen atoms in total. The second-order valence-corrected chi connectivity index (χ2v) is 13.1. The van der Waals surface area contributed by atoms with Crippen LogP contribution in [-0.4, -0.2) is 46.0 Å². The summed E-state index contributed by atoms with van der Waals surface area (Å²) in [6.45, 7) is 0. The lowest BCUT2D eigenvalue weighted by Gasteiger charge is -2.29. The Kier molecular flexibility index (Phi) is 7.23. The monoisotopic (exact) mass is 680 g/mol. The van der Waals surface area contributed by atoms with Crippen LogP contribution in [-0.2, 0) is 0 Å². The van der Waals surface area contributed by atoms with Gasteiger partial charge in [0.15, 0.2) is 0 Å². The van der Waals surface area contributed by atoms with Crippen LogP contribution < -0.4 is 0 Å². The molecule has 0 spiro atoms. The Labute approximate surface area is 291 Å². The van der Waals surface area contributed by atoms with E-state index in [2.05, 4.69) is 0 Å². The SMILES string of the molecule is Oc1ccc(C2=C(c3cc(O)cc(O)c3)C(c3ccc(O)cc3)c3c(O)cc(O)cc3C3C2c2cc(O)cc(O)c2C3c2ccc(O)cc2)cc1. The molecule has 0 heterocycles. The van der Waals surface area contributed by atoms with Crippen LogP contribution in [0.2, 0.25) is 0 Å². The Morgan fingerprint density at radius 3 is 1.37 bits per heavy atom. The number of aromatic hydroxyl groups is 9.